The van der Waals surface area contributed by atoms with Gasteiger partial charge in [-0.3, -0.25) is 0 Å². The Morgan fingerprint density at radius 3 is 2.32 bits per heavy atom. The Morgan fingerprint density at radius 1 is 1.05 bits per heavy atom. The summed E-state index contributed by atoms with van der Waals surface area (Å²) in [6.45, 7) is 0.583. The van der Waals surface area contributed by atoms with E-state index in [0.29, 0.717) is 17.1 Å². The highest BCUT2D eigenvalue weighted by Crippen LogP contribution is 2.21. The maximum atomic E-state index is 11.7. The second-order valence-electron chi connectivity index (χ2n) is 4.25. The first-order chi connectivity index (χ1) is 8.97. The lowest BCUT2D eigenvalue weighted by Crippen LogP contribution is -2.05. The lowest BCUT2D eigenvalue weighted by molar-refractivity contribution is 0.602. The molecule has 2 aromatic carbocycles. The molecule has 0 spiro atoms. The summed E-state index contributed by atoms with van der Waals surface area (Å²) in [5.74, 6) is 0. The zero-order valence-electron chi connectivity index (χ0n) is 10.4. The van der Waals surface area contributed by atoms with Crippen LogP contribution < -0.4 is 5.32 Å². The molecule has 0 unspecified atom stereocenters. The van der Waals surface area contributed by atoms with E-state index in [1.807, 2.05) is 30.3 Å². The highest BCUT2D eigenvalue weighted by atomic mass is 79.9. The van der Waals surface area contributed by atoms with E-state index in [-0.39, 0.29) is 0 Å². The zero-order valence-corrected chi connectivity index (χ0v) is 12.8. The monoisotopic (exact) mass is 339 g/mol. The van der Waals surface area contributed by atoms with Gasteiger partial charge in [0.1, 0.15) is 0 Å². The number of benzene rings is 2. The standard InChI is InChI=1S/C14H14BrNO2S/c1-19(17,18)14-5-3-2-4-13(14)16-10-11-6-8-12(15)9-7-11/h2-9,16H,10H2,1H3. The quantitative estimate of drug-likeness (QED) is 0.927. The van der Waals surface area contributed by atoms with Crippen LogP contribution in [0.3, 0.4) is 0 Å². The topological polar surface area (TPSA) is 46.2 Å². The Labute approximate surface area is 121 Å². The number of hydrogen-bond donors (Lipinski definition) is 1. The molecule has 2 rings (SSSR count). The van der Waals surface area contributed by atoms with Crippen molar-refractivity contribution in [3.63, 3.8) is 0 Å². The number of nitrogens with one attached hydrogen (secondary N) is 1. The molecule has 100 valence electrons. The van der Waals surface area contributed by atoms with Gasteiger partial charge in [0.25, 0.3) is 0 Å². The van der Waals surface area contributed by atoms with E-state index >= 15 is 0 Å². The van der Waals surface area contributed by atoms with Crippen LogP contribution in [0.1, 0.15) is 5.56 Å². The fourth-order valence-corrected chi connectivity index (χ4v) is 2.87. The molecule has 0 radical (unpaired) electrons. The van der Waals surface area contributed by atoms with Gasteiger partial charge in [-0.05, 0) is 29.8 Å². The largest absolute Gasteiger partial charge is 0.380 e. The molecule has 5 heteroatoms. The normalized spacial score (nSPS) is 11.3. The Bertz CT molecular complexity index is 666. The van der Waals surface area contributed by atoms with Gasteiger partial charge in [0.05, 0.1) is 10.6 Å². The summed E-state index contributed by atoms with van der Waals surface area (Å²) in [6.07, 6.45) is 1.22. The van der Waals surface area contributed by atoms with Gasteiger partial charge in [0.15, 0.2) is 9.84 Å². The lowest BCUT2D eigenvalue weighted by Gasteiger charge is -2.10. The summed E-state index contributed by atoms with van der Waals surface area (Å²) in [5.41, 5.74) is 1.72. The van der Waals surface area contributed by atoms with Gasteiger partial charge in [-0.2, -0.15) is 0 Å². The Morgan fingerprint density at radius 2 is 1.68 bits per heavy atom. The molecule has 0 saturated heterocycles. The summed E-state index contributed by atoms with van der Waals surface area (Å²) in [4.78, 5) is 0.326. The molecule has 3 nitrogen and oxygen atoms in total. The van der Waals surface area contributed by atoms with E-state index in [1.54, 1.807) is 18.2 Å². The molecule has 0 heterocycles. The van der Waals surface area contributed by atoms with E-state index in [4.69, 9.17) is 0 Å². The molecule has 0 saturated carbocycles. The first-order valence-corrected chi connectivity index (χ1v) is 8.42. The highest BCUT2D eigenvalue weighted by Gasteiger charge is 2.11. The number of para-hydroxylation sites is 1. The molecule has 0 aliphatic carbocycles. The average Bonchev–Trinajstić information content (AvgIpc) is 2.37. The van der Waals surface area contributed by atoms with Gasteiger partial charge in [0.2, 0.25) is 0 Å². The molecule has 19 heavy (non-hydrogen) atoms. The molecule has 1 N–H and O–H groups in total. The Balaban J connectivity index is 2.18. The van der Waals surface area contributed by atoms with Crippen molar-refractivity contribution < 1.29 is 8.42 Å². The van der Waals surface area contributed by atoms with Crippen molar-refractivity contribution in [2.45, 2.75) is 11.4 Å². The maximum Gasteiger partial charge on any atom is 0.177 e. The summed E-state index contributed by atoms with van der Waals surface area (Å²) in [6, 6.07) is 14.8. The van der Waals surface area contributed by atoms with Crippen molar-refractivity contribution in [3.8, 4) is 0 Å². The van der Waals surface area contributed by atoms with Crippen LogP contribution >= 0.6 is 15.9 Å². The molecule has 0 atom stereocenters. The molecular weight excluding hydrogens is 326 g/mol. The third kappa shape index (κ3) is 3.81. The third-order valence-electron chi connectivity index (χ3n) is 2.68. The minimum absolute atomic E-state index is 0.326. The Kier molecular flexibility index (Phi) is 4.27. The smallest absolute Gasteiger partial charge is 0.177 e. The van der Waals surface area contributed by atoms with E-state index in [1.165, 1.54) is 6.26 Å². The molecule has 2 aromatic rings. The van der Waals surface area contributed by atoms with Gasteiger partial charge in [0, 0.05) is 17.3 Å². The number of rotatable bonds is 4. The molecule has 0 bridgehead atoms. The molecule has 0 fully saturated rings. The average molecular weight is 340 g/mol. The number of sulfone groups is 1. The van der Waals surface area contributed by atoms with Crippen molar-refractivity contribution in [1.82, 2.24) is 0 Å². The van der Waals surface area contributed by atoms with Gasteiger partial charge in [-0.1, -0.05) is 40.2 Å². The second kappa shape index (κ2) is 5.75. The maximum absolute atomic E-state index is 11.7. The third-order valence-corrected chi connectivity index (χ3v) is 4.37. The van der Waals surface area contributed by atoms with Crippen molar-refractivity contribution >= 4 is 31.5 Å². The predicted octanol–water partition coefficient (Wildman–Crippen LogP) is 3.46. The minimum atomic E-state index is -3.21. The number of halogens is 1. The van der Waals surface area contributed by atoms with Gasteiger partial charge in [-0.25, -0.2) is 8.42 Å². The van der Waals surface area contributed by atoms with Crippen LogP contribution in [-0.4, -0.2) is 14.7 Å². The zero-order chi connectivity index (χ0) is 13.9. The molecule has 0 amide bonds. The summed E-state index contributed by atoms with van der Waals surface area (Å²) in [7, 11) is -3.21. The van der Waals surface area contributed by atoms with E-state index in [2.05, 4.69) is 21.2 Å². The van der Waals surface area contributed by atoms with Gasteiger partial charge in [-0.15, -0.1) is 0 Å². The van der Waals surface area contributed by atoms with Crippen molar-refractivity contribution in [2.75, 3.05) is 11.6 Å². The summed E-state index contributed by atoms with van der Waals surface area (Å²) >= 11 is 3.38. The fraction of sp³-hybridized carbons (Fsp3) is 0.143. The molecule has 0 aromatic heterocycles. The van der Waals surface area contributed by atoms with Crippen LogP contribution in [0.15, 0.2) is 57.9 Å². The van der Waals surface area contributed by atoms with Crippen LogP contribution in [0.25, 0.3) is 0 Å². The van der Waals surface area contributed by atoms with E-state index < -0.39 is 9.84 Å². The van der Waals surface area contributed by atoms with Crippen LogP contribution in [0, 0.1) is 0 Å². The van der Waals surface area contributed by atoms with E-state index in [9.17, 15) is 8.42 Å². The Hall–Kier alpha value is -1.33. The number of hydrogen-bond acceptors (Lipinski definition) is 3. The minimum Gasteiger partial charge on any atom is -0.380 e. The van der Waals surface area contributed by atoms with Crippen LogP contribution in [0.2, 0.25) is 0 Å². The predicted molar refractivity (Wildman–Crippen MR) is 81.0 cm³/mol. The SMILES string of the molecule is CS(=O)(=O)c1ccccc1NCc1ccc(Br)cc1. The van der Waals surface area contributed by atoms with E-state index in [0.717, 1.165) is 10.0 Å². The first kappa shape index (κ1) is 14.1. The first-order valence-electron chi connectivity index (χ1n) is 5.74. The van der Waals surface area contributed by atoms with Crippen molar-refractivity contribution in [1.29, 1.82) is 0 Å². The van der Waals surface area contributed by atoms with Gasteiger partial charge < -0.3 is 5.32 Å². The fourth-order valence-electron chi connectivity index (χ4n) is 1.74. The van der Waals surface area contributed by atoms with Crippen molar-refractivity contribution in [2.24, 2.45) is 0 Å². The highest BCUT2D eigenvalue weighted by molar-refractivity contribution is 9.10. The molecule has 0 aliphatic rings. The van der Waals surface area contributed by atoms with Crippen molar-refractivity contribution in [3.05, 3.63) is 58.6 Å². The van der Waals surface area contributed by atoms with Crippen LogP contribution in [-0.2, 0) is 16.4 Å². The number of anilines is 1. The molecular formula is C14H14BrNO2S. The lowest BCUT2D eigenvalue weighted by atomic mass is 10.2. The second-order valence-corrected chi connectivity index (χ2v) is 7.15. The van der Waals surface area contributed by atoms with Crippen LogP contribution in [0.5, 0.6) is 0 Å². The molecule has 0 aliphatic heterocycles. The summed E-state index contributed by atoms with van der Waals surface area (Å²) in [5, 5.41) is 3.16. The van der Waals surface area contributed by atoms with Crippen LogP contribution in [0.4, 0.5) is 5.69 Å². The van der Waals surface area contributed by atoms with Gasteiger partial charge >= 0.3 is 0 Å². The summed E-state index contributed by atoms with van der Waals surface area (Å²) < 4.78 is 24.3.